The summed E-state index contributed by atoms with van der Waals surface area (Å²) in [6.07, 6.45) is 0. The monoisotopic (exact) mass is 285 g/mol. The number of benzene rings is 1. The first-order chi connectivity index (χ1) is 9.81. The van der Waals surface area contributed by atoms with E-state index in [1.54, 1.807) is 6.07 Å². The van der Waals surface area contributed by atoms with E-state index in [1.807, 2.05) is 24.3 Å². The molecule has 0 saturated heterocycles. The van der Waals surface area contributed by atoms with Crippen LogP contribution in [-0.4, -0.2) is 17.4 Å². The van der Waals surface area contributed by atoms with E-state index in [0.717, 1.165) is 10.9 Å². The largest absolute Gasteiger partial charge is 0.398 e. The Morgan fingerprint density at radius 3 is 2.67 bits per heavy atom. The predicted octanol–water partition coefficient (Wildman–Crippen LogP) is 3.23. The molecule has 4 heteroatoms. The average molecular weight is 285 g/mol. The van der Waals surface area contributed by atoms with Crippen LogP contribution in [0.4, 0.5) is 5.69 Å². The second-order valence-electron chi connectivity index (χ2n) is 6.44. The normalized spacial score (nSPS) is 11.9. The molecule has 0 radical (unpaired) electrons. The highest BCUT2D eigenvalue weighted by Gasteiger charge is 2.23. The summed E-state index contributed by atoms with van der Waals surface area (Å²) >= 11 is 0. The Morgan fingerprint density at radius 1 is 1.33 bits per heavy atom. The van der Waals surface area contributed by atoms with Crippen LogP contribution in [0.2, 0.25) is 0 Å². The van der Waals surface area contributed by atoms with Crippen LogP contribution in [0, 0.1) is 11.3 Å². The van der Waals surface area contributed by atoms with Crippen molar-refractivity contribution in [2.75, 3.05) is 12.3 Å². The fourth-order valence-corrected chi connectivity index (χ4v) is 1.92. The van der Waals surface area contributed by atoms with Crippen molar-refractivity contribution in [1.82, 2.24) is 10.3 Å². The zero-order chi connectivity index (χ0) is 15.6. The number of nitrogens with zero attached hydrogens (tertiary/aromatic N) is 1. The maximum Gasteiger partial charge on any atom is 0.270 e. The molecule has 0 fully saturated rings. The lowest BCUT2D eigenvalue weighted by atomic mass is 9.81. The average Bonchev–Trinajstić information content (AvgIpc) is 2.44. The minimum Gasteiger partial charge on any atom is -0.398 e. The number of amides is 1. The van der Waals surface area contributed by atoms with Crippen LogP contribution in [0.3, 0.4) is 0 Å². The Balaban J connectivity index is 2.20. The van der Waals surface area contributed by atoms with Gasteiger partial charge in [0.15, 0.2) is 0 Å². The predicted molar refractivity (Wildman–Crippen MR) is 87.1 cm³/mol. The summed E-state index contributed by atoms with van der Waals surface area (Å²) in [7, 11) is 0. The highest BCUT2D eigenvalue weighted by Crippen LogP contribution is 2.25. The van der Waals surface area contributed by atoms with Crippen molar-refractivity contribution in [2.45, 2.75) is 27.7 Å². The molecule has 1 aromatic heterocycles. The van der Waals surface area contributed by atoms with Gasteiger partial charge in [-0.05, 0) is 23.5 Å². The van der Waals surface area contributed by atoms with Gasteiger partial charge >= 0.3 is 0 Å². The molecular formula is C17H23N3O. The number of nitrogens with one attached hydrogen (secondary N) is 1. The first kappa shape index (κ1) is 15.3. The minimum atomic E-state index is -0.179. The molecular weight excluding hydrogens is 262 g/mol. The Labute approximate surface area is 125 Å². The van der Waals surface area contributed by atoms with Crippen LogP contribution in [0.15, 0.2) is 30.3 Å². The van der Waals surface area contributed by atoms with Crippen LogP contribution in [0.25, 0.3) is 10.9 Å². The molecule has 2 aromatic rings. The van der Waals surface area contributed by atoms with E-state index in [1.165, 1.54) is 0 Å². The minimum absolute atomic E-state index is 0.0397. The number of rotatable bonds is 4. The molecule has 0 unspecified atom stereocenters. The number of carbonyl (C=O) groups is 1. The van der Waals surface area contributed by atoms with Crippen molar-refractivity contribution in [3.63, 3.8) is 0 Å². The van der Waals surface area contributed by atoms with E-state index in [-0.39, 0.29) is 11.3 Å². The van der Waals surface area contributed by atoms with E-state index < -0.39 is 0 Å². The standard InChI is InChI=1S/C17H23N3O/c1-11(2)17(3,4)10-19-16(21)15-9-13(18)12-7-5-6-8-14(12)20-15/h5-9,11H,10H2,1-4H3,(H2,18,20)(H,19,21). The molecule has 1 heterocycles. The lowest BCUT2D eigenvalue weighted by molar-refractivity contribution is 0.0920. The van der Waals surface area contributed by atoms with Gasteiger partial charge in [0.2, 0.25) is 0 Å². The van der Waals surface area contributed by atoms with Crippen molar-refractivity contribution in [1.29, 1.82) is 0 Å². The second-order valence-corrected chi connectivity index (χ2v) is 6.44. The fraction of sp³-hybridized carbons (Fsp3) is 0.412. The number of pyridine rings is 1. The van der Waals surface area contributed by atoms with Crippen LogP contribution in [0.5, 0.6) is 0 Å². The molecule has 21 heavy (non-hydrogen) atoms. The van der Waals surface area contributed by atoms with Gasteiger partial charge in [-0.15, -0.1) is 0 Å². The van der Waals surface area contributed by atoms with Crippen LogP contribution < -0.4 is 11.1 Å². The van der Waals surface area contributed by atoms with Crippen molar-refractivity contribution >= 4 is 22.5 Å². The van der Waals surface area contributed by atoms with E-state index in [2.05, 4.69) is 38.0 Å². The van der Waals surface area contributed by atoms with E-state index in [0.29, 0.717) is 23.8 Å². The molecule has 0 atom stereocenters. The molecule has 0 spiro atoms. The fourth-order valence-electron chi connectivity index (χ4n) is 1.92. The van der Waals surface area contributed by atoms with Gasteiger partial charge in [0.1, 0.15) is 5.69 Å². The topological polar surface area (TPSA) is 68.0 Å². The van der Waals surface area contributed by atoms with Crippen LogP contribution in [-0.2, 0) is 0 Å². The van der Waals surface area contributed by atoms with Gasteiger partial charge in [-0.2, -0.15) is 0 Å². The van der Waals surface area contributed by atoms with Crippen molar-refractivity contribution in [3.8, 4) is 0 Å². The van der Waals surface area contributed by atoms with E-state index >= 15 is 0 Å². The number of hydrogen-bond donors (Lipinski definition) is 2. The number of nitrogens with two attached hydrogens (primary N) is 1. The molecule has 4 nitrogen and oxygen atoms in total. The maximum atomic E-state index is 12.3. The first-order valence-corrected chi connectivity index (χ1v) is 7.25. The van der Waals surface area contributed by atoms with Gasteiger partial charge in [0.25, 0.3) is 5.91 Å². The number of hydrogen-bond acceptors (Lipinski definition) is 3. The smallest absolute Gasteiger partial charge is 0.270 e. The Kier molecular flexibility index (Phi) is 4.16. The van der Waals surface area contributed by atoms with Crippen molar-refractivity contribution in [2.24, 2.45) is 11.3 Å². The number of carbonyl (C=O) groups excluding carboxylic acids is 1. The zero-order valence-corrected chi connectivity index (χ0v) is 13.1. The molecule has 2 rings (SSSR count). The third-order valence-electron chi connectivity index (χ3n) is 4.25. The molecule has 0 bridgehead atoms. The molecule has 1 aromatic carbocycles. The Morgan fingerprint density at radius 2 is 2.00 bits per heavy atom. The summed E-state index contributed by atoms with van der Waals surface area (Å²) in [6, 6.07) is 9.20. The van der Waals surface area contributed by atoms with E-state index in [4.69, 9.17) is 5.73 Å². The molecule has 3 N–H and O–H groups in total. The number of nitrogen functional groups attached to an aromatic ring is 1. The summed E-state index contributed by atoms with van der Waals surface area (Å²) in [5.41, 5.74) is 7.73. The Hall–Kier alpha value is -2.10. The third-order valence-corrected chi connectivity index (χ3v) is 4.25. The molecule has 0 saturated carbocycles. The molecule has 0 aliphatic rings. The third kappa shape index (κ3) is 3.32. The summed E-state index contributed by atoms with van der Waals surface area (Å²) in [6.45, 7) is 9.19. The number of para-hydroxylation sites is 1. The van der Waals surface area contributed by atoms with Gasteiger partial charge in [-0.3, -0.25) is 4.79 Å². The lowest BCUT2D eigenvalue weighted by Gasteiger charge is -2.29. The van der Waals surface area contributed by atoms with Crippen LogP contribution in [0.1, 0.15) is 38.2 Å². The molecule has 1 amide bonds. The number of aromatic nitrogens is 1. The Bertz CT molecular complexity index is 662. The molecule has 0 aliphatic carbocycles. The quantitative estimate of drug-likeness (QED) is 0.906. The van der Waals surface area contributed by atoms with Gasteiger partial charge in [-0.1, -0.05) is 45.9 Å². The summed E-state index contributed by atoms with van der Waals surface area (Å²) in [5, 5.41) is 3.83. The first-order valence-electron chi connectivity index (χ1n) is 7.25. The maximum absolute atomic E-state index is 12.3. The van der Waals surface area contributed by atoms with Crippen molar-refractivity contribution in [3.05, 3.63) is 36.0 Å². The SMILES string of the molecule is CC(C)C(C)(C)CNC(=O)c1cc(N)c2ccccc2n1. The van der Waals surface area contributed by atoms with Gasteiger partial charge in [0, 0.05) is 17.6 Å². The van der Waals surface area contributed by atoms with Gasteiger partial charge in [0.05, 0.1) is 5.52 Å². The van der Waals surface area contributed by atoms with Gasteiger partial charge in [-0.25, -0.2) is 4.98 Å². The lowest BCUT2D eigenvalue weighted by Crippen LogP contribution is -2.37. The number of anilines is 1. The van der Waals surface area contributed by atoms with Gasteiger partial charge < -0.3 is 11.1 Å². The number of fused-ring (bicyclic) bond motifs is 1. The summed E-state index contributed by atoms with van der Waals surface area (Å²) in [5.74, 6) is 0.300. The summed E-state index contributed by atoms with van der Waals surface area (Å²) < 4.78 is 0. The zero-order valence-electron chi connectivity index (χ0n) is 13.1. The van der Waals surface area contributed by atoms with Crippen LogP contribution >= 0.6 is 0 Å². The van der Waals surface area contributed by atoms with Crippen molar-refractivity contribution < 1.29 is 4.79 Å². The highest BCUT2D eigenvalue weighted by molar-refractivity contribution is 5.99. The van der Waals surface area contributed by atoms with E-state index in [9.17, 15) is 4.79 Å². The highest BCUT2D eigenvalue weighted by atomic mass is 16.1. The second kappa shape index (κ2) is 5.72. The summed E-state index contributed by atoms with van der Waals surface area (Å²) in [4.78, 5) is 16.7. The molecule has 0 aliphatic heterocycles. The molecule has 112 valence electrons.